The van der Waals surface area contributed by atoms with Gasteiger partial charge in [0.05, 0.1) is 12.6 Å². The van der Waals surface area contributed by atoms with Crippen molar-refractivity contribution in [2.75, 3.05) is 13.7 Å². The van der Waals surface area contributed by atoms with Crippen LogP contribution in [0, 0.1) is 5.92 Å². The van der Waals surface area contributed by atoms with Crippen LogP contribution in [0.5, 0.6) is 0 Å². The van der Waals surface area contributed by atoms with Gasteiger partial charge in [0.1, 0.15) is 5.92 Å². The van der Waals surface area contributed by atoms with Gasteiger partial charge in [0.15, 0.2) is 0 Å². The maximum atomic E-state index is 13.6. The lowest BCUT2D eigenvalue weighted by atomic mass is 9.81. The number of carbonyl (C=O) groups excluding carboxylic acids is 2. The fraction of sp³-hybridized carbons (Fsp3) is 0.500. The number of pyridine rings is 1. The summed E-state index contributed by atoms with van der Waals surface area (Å²) in [4.78, 5) is 28.0. The minimum absolute atomic E-state index is 0.0618. The monoisotopic (exact) mass is 347 g/mol. The molecule has 1 aromatic rings. The number of aromatic nitrogens is 1. The van der Waals surface area contributed by atoms with E-state index in [-0.39, 0.29) is 17.1 Å². The van der Waals surface area contributed by atoms with E-state index in [1.54, 1.807) is 0 Å². The number of urea groups is 1. The number of rotatable bonds is 3. The minimum Gasteiger partial charge on any atom is -0.466 e. The highest BCUT2D eigenvalue weighted by molar-refractivity contribution is 5.83. The Morgan fingerprint density at radius 2 is 2.04 bits per heavy atom. The van der Waals surface area contributed by atoms with Crippen LogP contribution in [0.15, 0.2) is 24.5 Å². The number of nitrogens with one attached hydrogen (secondary N) is 1. The van der Waals surface area contributed by atoms with Gasteiger partial charge >= 0.3 is 18.2 Å². The van der Waals surface area contributed by atoms with Crippen LogP contribution >= 0.6 is 0 Å². The Balaban J connectivity index is 2.61. The van der Waals surface area contributed by atoms with Gasteiger partial charge in [-0.15, -0.1) is 0 Å². The molecule has 0 bridgehead atoms. The van der Waals surface area contributed by atoms with Crippen molar-refractivity contribution >= 4 is 12.0 Å². The second-order valence-corrected chi connectivity index (χ2v) is 5.22. The van der Waals surface area contributed by atoms with Gasteiger partial charge in [0, 0.05) is 19.4 Å². The Morgan fingerprint density at radius 3 is 2.54 bits per heavy atom. The van der Waals surface area contributed by atoms with Crippen LogP contribution < -0.4 is 5.32 Å². The molecule has 0 spiro atoms. The van der Waals surface area contributed by atoms with E-state index in [2.05, 4.69) is 10.3 Å². The summed E-state index contributed by atoms with van der Waals surface area (Å²) in [5.74, 6) is -3.38. The van der Waals surface area contributed by atoms with Crippen LogP contribution in [0.1, 0.15) is 18.5 Å². The first-order valence-electron chi connectivity index (χ1n) is 7.04. The van der Waals surface area contributed by atoms with E-state index >= 15 is 0 Å². The predicted molar refractivity (Wildman–Crippen MR) is 74.4 cm³/mol. The zero-order chi connectivity index (χ0) is 18.1. The summed E-state index contributed by atoms with van der Waals surface area (Å²) in [6.07, 6.45) is -2.68. The number of aliphatic hydroxyl groups is 1. The zero-order valence-electron chi connectivity index (χ0n) is 12.9. The molecule has 1 fully saturated rings. The van der Waals surface area contributed by atoms with Gasteiger partial charge in [-0.1, -0.05) is 0 Å². The third-order valence-corrected chi connectivity index (χ3v) is 3.88. The largest absolute Gasteiger partial charge is 0.466 e. The van der Waals surface area contributed by atoms with Crippen molar-refractivity contribution in [3.8, 4) is 0 Å². The van der Waals surface area contributed by atoms with E-state index in [0.29, 0.717) is 0 Å². The van der Waals surface area contributed by atoms with Crippen molar-refractivity contribution in [1.29, 1.82) is 0 Å². The molecule has 0 saturated carbocycles. The molecule has 2 N–H and O–H groups in total. The first kappa shape index (κ1) is 18.0. The predicted octanol–water partition coefficient (Wildman–Crippen LogP) is 1.21. The second-order valence-electron chi connectivity index (χ2n) is 5.22. The van der Waals surface area contributed by atoms with Crippen molar-refractivity contribution in [3.05, 3.63) is 30.1 Å². The van der Waals surface area contributed by atoms with E-state index in [0.717, 1.165) is 7.05 Å². The van der Waals surface area contributed by atoms with Crippen LogP contribution in [0.3, 0.4) is 0 Å². The SMILES string of the molecule is CCOC(=O)[C@@H]1[C@H](c2ccncc2)NC(=O)N(C)[C@@]1(O)C(F)(F)F. The number of hydrogen-bond donors (Lipinski definition) is 2. The molecule has 7 nitrogen and oxygen atoms in total. The lowest BCUT2D eigenvalue weighted by molar-refractivity contribution is -0.328. The van der Waals surface area contributed by atoms with Crippen molar-refractivity contribution in [2.24, 2.45) is 5.92 Å². The number of carbonyl (C=O) groups is 2. The van der Waals surface area contributed by atoms with E-state index < -0.39 is 35.9 Å². The van der Waals surface area contributed by atoms with E-state index in [4.69, 9.17) is 4.74 Å². The maximum absolute atomic E-state index is 13.6. The summed E-state index contributed by atoms with van der Waals surface area (Å²) in [5.41, 5.74) is -3.53. The molecule has 3 atom stereocenters. The smallest absolute Gasteiger partial charge is 0.437 e. The zero-order valence-corrected chi connectivity index (χ0v) is 12.9. The first-order chi connectivity index (χ1) is 11.1. The van der Waals surface area contributed by atoms with Crippen molar-refractivity contribution in [2.45, 2.75) is 24.9 Å². The average Bonchev–Trinajstić information content (AvgIpc) is 2.52. The topological polar surface area (TPSA) is 91.8 Å². The number of hydrogen-bond acceptors (Lipinski definition) is 5. The summed E-state index contributed by atoms with van der Waals surface area (Å²) in [6.45, 7) is 1.25. The number of esters is 1. The molecule has 1 aromatic heterocycles. The lowest BCUT2D eigenvalue weighted by Crippen LogP contribution is -2.73. The first-order valence-corrected chi connectivity index (χ1v) is 7.04. The quantitative estimate of drug-likeness (QED) is 0.802. The third kappa shape index (κ3) is 2.77. The normalized spacial score (nSPS) is 27.6. The molecule has 24 heavy (non-hydrogen) atoms. The summed E-state index contributed by atoms with van der Waals surface area (Å²) in [7, 11) is 0.762. The van der Waals surface area contributed by atoms with Crippen molar-refractivity contribution in [3.63, 3.8) is 0 Å². The Morgan fingerprint density at radius 1 is 1.46 bits per heavy atom. The Kier molecular flexibility index (Phi) is 4.70. The van der Waals surface area contributed by atoms with Crippen LogP contribution in [0.25, 0.3) is 0 Å². The van der Waals surface area contributed by atoms with Crippen LogP contribution in [-0.4, -0.2) is 52.5 Å². The summed E-state index contributed by atoms with van der Waals surface area (Å²) >= 11 is 0. The molecule has 1 aliphatic heterocycles. The summed E-state index contributed by atoms with van der Waals surface area (Å²) in [5, 5.41) is 12.7. The highest BCUT2D eigenvalue weighted by atomic mass is 19.4. The van der Waals surface area contributed by atoms with Crippen LogP contribution in [0.4, 0.5) is 18.0 Å². The molecule has 2 rings (SSSR count). The number of ether oxygens (including phenoxy) is 1. The molecule has 1 saturated heterocycles. The van der Waals surface area contributed by atoms with Gasteiger partial charge in [0.2, 0.25) is 0 Å². The molecule has 0 aliphatic carbocycles. The Labute approximate surface area is 135 Å². The van der Waals surface area contributed by atoms with Gasteiger partial charge in [-0.05, 0) is 24.6 Å². The van der Waals surface area contributed by atoms with E-state index in [1.807, 2.05) is 0 Å². The van der Waals surface area contributed by atoms with E-state index in [1.165, 1.54) is 31.5 Å². The number of halogens is 3. The highest BCUT2D eigenvalue weighted by Gasteiger charge is 2.69. The summed E-state index contributed by atoms with van der Waals surface area (Å²) in [6, 6.07) is 0.0954. The highest BCUT2D eigenvalue weighted by Crippen LogP contribution is 2.46. The average molecular weight is 347 g/mol. The van der Waals surface area contributed by atoms with Gasteiger partial charge in [0.25, 0.3) is 5.72 Å². The summed E-state index contributed by atoms with van der Waals surface area (Å²) < 4.78 is 45.5. The van der Waals surface area contributed by atoms with Gasteiger partial charge < -0.3 is 15.2 Å². The number of amides is 2. The van der Waals surface area contributed by atoms with Crippen LogP contribution in [-0.2, 0) is 9.53 Å². The molecular formula is C14H16F3N3O4. The molecule has 2 heterocycles. The molecule has 0 unspecified atom stereocenters. The van der Waals surface area contributed by atoms with Crippen LogP contribution in [0.2, 0.25) is 0 Å². The standard InChI is InChI=1S/C14H16F3N3O4/c1-3-24-11(21)9-10(8-4-6-18-7-5-8)19-12(22)20(2)13(9,23)14(15,16)17/h4-7,9-10,23H,3H2,1-2H3,(H,19,22)/t9-,10-,13-/m0/s1. The lowest BCUT2D eigenvalue weighted by Gasteiger charge is -2.49. The Bertz CT molecular complexity index is 625. The third-order valence-electron chi connectivity index (χ3n) is 3.88. The van der Waals surface area contributed by atoms with Gasteiger partial charge in [-0.25, -0.2) is 4.79 Å². The molecule has 132 valence electrons. The minimum atomic E-state index is -5.28. The molecule has 0 aromatic carbocycles. The Hall–Kier alpha value is -2.36. The molecule has 1 aliphatic rings. The molecule has 2 amide bonds. The fourth-order valence-electron chi connectivity index (χ4n) is 2.65. The fourth-order valence-corrected chi connectivity index (χ4v) is 2.65. The number of alkyl halides is 3. The molecular weight excluding hydrogens is 331 g/mol. The molecule has 0 radical (unpaired) electrons. The molecule has 10 heteroatoms. The van der Waals surface area contributed by atoms with Gasteiger partial charge in [-0.3, -0.25) is 14.7 Å². The van der Waals surface area contributed by atoms with E-state index in [9.17, 15) is 27.9 Å². The number of nitrogens with zero attached hydrogens (tertiary/aromatic N) is 2. The van der Waals surface area contributed by atoms with Crippen molar-refractivity contribution < 1.29 is 32.6 Å². The van der Waals surface area contributed by atoms with Gasteiger partial charge in [-0.2, -0.15) is 13.2 Å². The van der Waals surface area contributed by atoms with Crippen molar-refractivity contribution in [1.82, 2.24) is 15.2 Å². The maximum Gasteiger partial charge on any atom is 0.437 e. The second kappa shape index (κ2) is 6.27.